The molecule has 9 heteroatoms. The third-order valence-electron chi connectivity index (χ3n) is 4.52. The van der Waals surface area contributed by atoms with E-state index in [0.717, 1.165) is 5.69 Å². The van der Waals surface area contributed by atoms with Crippen molar-refractivity contribution >= 4 is 23.3 Å². The third-order valence-corrected chi connectivity index (χ3v) is 4.52. The number of amides is 1. The van der Waals surface area contributed by atoms with Gasteiger partial charge in [-0.25, -0.2) is 9.48 Å². The Kier molecular flexibility index (Phi) is 5.91. The van der Waals surface area contributed by atoms with Crippen LogP contribution >= 0.6 is 0 Å². The number of aromatic nitrogens is 2. The summed E-state index contributed by atoms with van der Waals surface area (Å²) in [6.45, 7) is 4.51. The molecule has 154 valence electrons. The second-order valence-electron chi connectivity index (χ2n) is 6.68. The molecule has 3 aromatic rings. The van der Waals surface area contributed by atoms with E-state index in [-0.39, 0.29) is 16.9 Å². The zero-order valence-corrected chi connectivity index (χ0v) is 16.7. The lowest BCUT2D eigenvalue weighted by atomic mass is 10.2. The molecule has 1 aromatic heterocycles. The lowest BCUT2D eigenvalue weighted by Gasteiger charge is -2.08. The van der Waals surface area contributed by atoms with Crippen LogP contribution in [0.1, 0.15) is 27.3 Å². The van der Waals surface area contributed by atoms with E-state index in [9.17, 15) is 19.7 Å². The molecule has 0 radical (unpaired) electrons. The highest BCUT2D eigenvalue weighted by Crippen LogP contribution is 2.22. The minimum atomic E-state index is -0.669. The van der Waals surface area contributed by atoms with E-state index < -0.39 is 23.4 Å². The molecule has 0 saturated heterocycles. The van der Waals surface area contributed by atoms with Crippen molar-refractivity contribution in [1.82, 2.24) is 9.78 Å². The van der Waals surface area contributed by atoms with Gasteiger partial charge < -0.3 is 10.1 Å². The Labute approximate surface area is 172 Å². The molecule has 0 aliphatic rings. The molecule has 0 fully saturated rings. The van der Waals surface area contributed by atoms with E-state index in [4.69, 9.17) is 4.74 Å². The molecule has 1 amide bonds. The van der Waals surface area contributed by atoms with Gasteiger partial charge in [0.25, 0.3) is 11.6 Å². The second-order valence-corrected chi connectivity index (χ2v) is 6.68. The number of ether oxygens (including phenoxy) is 1. The molecule has 0 aliphatic heterocycles. The van der Waals surface area contributed by atoms with Crippen molar-refractivity contribution in [2.75, 3.05) is 11.9 Å². The van der Waals surface area contributed by atoms with Gasteiger partial charge >= 0.3 is 5.97 Å². The monoisotopic (exact) mass is 408 g/mol. The highest BCUT2D eigenvalue weighted by molar-refractivity contribution is 5.96. The van der Waals surface area contributed by atoms with Gasteiger partial charge in [-0.05, 0) is 39.0 Å². The average molecular weight is 408 g/mol. The predicted molar refractivity (Wildman–Crippen MR) is 110 cm³/mol. The fraction of sp³-hybridized carbons (Fsp3) is 0.190. The van der Waals surface area contributed by atoms with Gasteiger partial charge in [0.15, 0.2) is 6.61 Å². The first-order valence-electron chi connectivity index (χ1n) is 9.11. The topological polar surface area (TPSA) is 116 Å². The maximum Gasteiger partial charge on any atom is 0.342 e. The second kappa shape index (κ2) is 8.56. The molecule has 0 spiro atoms. The number of nitrogens with one attached hydrogen (secondary N) is 1. The van der Waals surface area contributed by atoms with Gasteiger partial charge in [0, 0.05) is 17.3 Å². The van der Waals surface area contributed by atoms with Crippen molar-refractivity contribution in [3.63, 3.8) is 0 Å². The minimum absolute atomic E-state index is 0.107. The van der Waals surface area contributed by atoms with Crippen molar-refractivity contribution in [1.29, 1.82) is 0 Å². The van der Waals surface area contributed by atoms with Gasteiger partial charge in [0.1, 0.15) is 5.56 Å². The highest BCUT2D eigenvalue weighted by atomic mass is 16.6. The Morgan fingerprint density at radius 1 is 1.13 bits per heavy atom. The van der Waals surface area contributed by atoms with Crippen LogP contribution in [0.3, 0.4) is 0 Å². The van der Waals surface area contributed by atoms with Crippen molar-refractivity contribution < 1.29 is 19.2 Å². The summed E-state index contributed by atoms with van der Waals surface area (Å²) in [4.78, 5) is 35.2. The Morgan fingerprint density at radius 2 is 1.83 bits per heavy atom. The number of esters is 1. The zero-order chi connectivity index (χ0) is 21.8. The van der Waals surface area contributed by atoms with Crippen LogP contribution in [-0.2, 0) is 9.53 Å². The third kappa shape index (κ3) is 4.35. The summed E-state index contributed by atoms with van der Waals surface area (Å²) < 4.78 is 6.77. The van der Waals surface area contributed by atoms with Crippen LogP contribution < -0.4 is 5.32 Å². The molecule has 2 aromatic carbocycles. The smallest absolute Gasteiger partial charge is 0.342 e. The van der Waals surface area contributed by atoms with Crippen LogP contribution in [0.15, 0.2) is 48.5 Å². The Balaban J connectivity index is 1.68. The molecule has 0 bridgehead atoms. The zero-order valence-electron chi connectivity index (χ0n) is 16.7. The van der Waals surface area contributed by atoms with Gasteiger partial charge in [-0.1, -0.05) is 24.3 Å². The number of carbonyl (C=O) groups excluding carboxylic acids is 2. The summed E-state index contributed by atoms with van der Waals surface area (Å²) in [6, 6.07) is 13.7. The predicted octanol–water partition coefficient (Wildman–Crippen LogP) is 3.50. The molecule has 30 heavy (non-hydrogen) atoms. The molecule has 1 heterocycles. The molecule has 0 saturated carbocycles. The van der Waals surface area contributed by atoms with Gasteiger partial charge in [-0.2, -0.15) is 5.10 Å². The number of anilines is 1. The maximum absolute atomic E-state index is 12.5. The van der Waals surface area contributed by atoms with Crippen molar-refractivity contribution in [2.45, 2.75) is 20.8 Å². The number of benzene rings is 2. The summed E-state index contributed by atoms with van der Waals surface area (Å²) in [6.07, 6.45) is 0. The molecule has 9 nitrogen and oxygen atoms in total. The fourth-order valence-corrected chi connectivity index (χ4v) is 3.04. The number of nitrogens with zero attached hydrogens (tertiary/aromatic N) is 3. The number of nitro groups is 1. The lowest BCUT2D eigenvalue weighted by molar-refractivity contribution is -0.385. The standard InChI is InChI=1S/C21H20N4O5/c1-13-9-10-16(11-18(13)25(28)29)22-19(26)12-30-21(27)20-14(2)23-24(15(20)3)17-7-5-4-6-8-17/h4-11H,12H2,1-3H3,(H,22,26). The average Bonchev–Trinajstić information content (AvgIpc) is 3.02. The highest BCUT2D eigenvalue weighted by Gasteiger charge is 2.22. The van der Waals surface area contributed by atoms with Crippen molar-refractivity contribution in [3.05, 3.63) is 81.2 Å². The number of hydrogen-bond donors (Lipinski definition) is 1. The SMILES string of the molecule is Cc1ccc(NC(=O)COC(=O)c2c(C)nn(-c3ccccc3)c2C)cc1[N+](=O)[O-]. The summed E-state index contributed by atoms with van der Waals surface area (Å²) in [7, 11) is 0. The number of para-hydroxylation sites is 1. The first-order valence-corrected chi connectivity index (χ1v) is 9.11. The van der Waals surface area contributed by atoms with E-state index in [1.165, 1.54) is 12.1 Å². The minimum Gasteiger partial charge on any atom is -0.452 e. The van der Waals surface area contributed by atoms with E-state index in [0.29, 0.717) is 17.0 Å². The van der Waals surface area contributed by atoms with Gasteiger partial charge in [-0.15, -0.1) is 0 Å². The van der Waals surface area contributed by atoms with Gasteiger partial charge in [-0.3, -0.25) is 14.9 Å². The molecule has 3 rings (SSSR count). The first kappa shape index (κ1) is 20.7. The van der Waals surface area contributed by atoms with E-state index >= 15 is 0 Å². The van der Waals surface area contributed by atoms with Crippen LogP contribution in [0.25, 0.3) is 5.69 Å². The fourth-order valence-electron chi connectivity index (χ4n) is 3.04. The molecule has 0 atom stereocenters. The quantitative estimate of drug-likeness (QED) is 0.379. The van der Waals surface area contributed by atoms with Gasteiger partial charge in [0.05, 0.1) is 22.0 Å². The number of aryl methyl sites for hydroxylation is 2. The molecular formula is C21H20N4O5. The normalized spacial score (nSPS) is 10.5. The Morgan fingerprint density at radius 3 is 2.50 bits per heavy atom. The molecule has 0 unspecified atom stereocenters. The van der Waals surface area contributed by atoms with Crippen LogP contribution in [0.2, 0.25) is 0 Å². The maximum atomic E-state index is 12.5. The number of carbonyl (C=O) groups is 2. The van der Waals surface area contributed by atoms with Gasteiger partial charge in [0.2, 0.25) is 0 Å². The van der Waals surface area contributed by atoms with Crippen LogP contribution in [0, 0.1) is 30.9 Å². The molecule has 0 aliphatic carbocycles. The van der Waals surface area contributed by atoms with Crippen molar-refractivity contribution in [2.24, 2.45) is 0 Å². The largest absolute Gasteiger partial charge is 0.452 e. The van der Waals surface area contributed by atoms with E-state index in [1.54, 1.807) is 31.5 Å². The molecule has 1 N–H and O–H groups in total. The van der Waals surface area contributed by atoms with E-state index in [2.05, 4.69) is 10.4 Å². The summed E-state index contributed by atoms with van der Waals surface area (Å²) in [5, 5.41) is 17.9. The lowest BCUT2D eigenvalue weighted by Crippen LogP contribution is -2.21. The summed E-state index contributed by atoms with van der Waals surface area (Å²) >= 11 is 0. The Bertz CT molecular complexity index is 1120. The number of rotatable bonds is 6. The molecular weight excluding hydrogens is 388 g/mol. The van der Waals surface area contributed by atoms with Crippen LogP contribution in [0.5, 0.6) is 0 Å². The first-order chi connectivity index (χ1) is 14.3. The van der Waals surface area contributed by atoms with Crippen LogP contribution in [0.4, 0.5) is 11.4 Å². The summed E-state index contributed by atoms with van der Waals surface area (Å²) in [5.74, 6) is -1.27. The van der Waals surface area contributed by atoms with Crippen molar-refractivity contribution in [3.8, 4) is 5.69 Å². The van der Waals surface area contributed by atoms with E-state index in [1.807, 2.05) is 30.3 Å². The summed E-state index contributed by atoms with van der Waals surface area (Å²) in [5.41, 5.74) is 2.79. The number of nitro benzene ring substituents is 1. The van der Waals surface area contributed by atoms with Crippen LogP contribution in [-0.4, -0.2) is 33.2 Å². The Hall–Kier alpha value is -4.01. The number of hydrogen-bond acceptors (Lipinski definition) is 6.